The van der Waals surface area contributed by atoms with Gasteiger partial charge in [0, 0.05) is 6.54 Å². The Morgan fingerprint density at radius 2 is 2.43 bits per heavy atom. The lowest BCUT2D eigenvalue weighted by molar-refractivity contribution is 0.909. The lowest BCUT2D eigenvalue weighted by atomic mass is 10.7. The summed E-state index contributed by atoms with van der Waals surface area (Å²) in [4.78, 5) is 0. The van der Waals surface area contributed by atoms with Crippen LogP contribution in [0.1, 0.15) is 6.92 Å². The van der Waals surface area contributed by atoms with Crippen molar-refractivity contribution in [3.63, 3.8) is 0 Å². The molecule has 0 heterocycles. The van der Waals surface area contributed by atoms with E-state index in [1.54, 1.807) is 11.8 Å². The van der Waals surface area contributed by atoms with E-state index in [1.807, 2.05) is 6.26 Å². The Hall–Kier alpha value is -0.110. The summed E-state index contributed by atoms with van der Waals surface area (Å²) in [7, 11) is 0. The van der Waals surface area contributed by atoms with Crippen molar-refractivity contribution < 1.29 is 0 Å². The van der Waals surface area contributed by atoms with Crippen LogP contribution in [0.15, 0.2) is 11.6 Å². The van der Waals surface area contributed by atoms with Gasteiger partial charge in [-0.15, -0.1) is 11.8 Å². The summed E-state index contributed by atoms with van der Waals surface area (Å²) >= 11 is 1.64. The highest BCUT2D eigenvalue weighted by Crippen LogP contribution is 2.01. The smallest absolute Gasteiger partial charge is 0.0605 e. The van der Waals surface area contributed by atoms with Gasteiger partial charge < -0.3 is 5.32 Å². The first-order chi connectivity index (χ1) is 3.31. The first kappa shape index (κ1) is 6.89. The van der Waals surface area contributed by atoms with Crippen LogP contribution in [0, 0.1) is 0 Å². The van der Waals surface area contributed by atoms with E-state index in [9.17, 15) is 0 Å². The minimum absolute atomic E-state index is 0.972. The number of nitrogens with one attached hydrogen (secondary N) is 1. The van der Waals surface area contributed by atoms with Gasteiger partial charge in [-0.3, -0.25) is 0 Å². The first-order valence-corrected chi connectivity index (χ1v) is 3.50. The van der Waals surface area contributed by atoms with Gasteiger partial charge in [0.1, 0.15) is 0 Å². The molecule has 42 valence electrons. The zero-order chi connectivity index (χ0) is 5.70. The fraction of sp³-hybridized carbons (Fsp3) is 0.600. The second kappa shape index (κ2) is 4.06. The van der Waals surface area contributed by atoms with Crippen molar-refractivity contribution in [1.82, 2.24) is 5.32 Å². The Bertz CT molecular complexity index is 61.1. The van der Waals surface area contributed by atoms with Crippen LogP contribution in [0.3, 0.4) is 0 Å². The third kappa shape index (κ3) is 3.73. The summed E-state index contributed by atoms with van der Waals surface area (Å²) in [6, 6.07) is 0. The van der Waals surface area contributed by atoms with Crippen molar-refractivity contribution in [3.8, 4) is 0 Å². The molecule has 0 aromatic heterocycles. The minimum Gasteiger partial charge on any atom is -0.381 e. The molecule has 2 heteroatoms. The van der Waals surface area contributed by atoms with E-state index in [0.717, 1.165) is 11.6 Å². The van der Waals surface area contributed by atoms with Crippen molar-refractivity contribution in [2.24, 2.45) is 0 Å². The van der Waals surface area contributed by atoms with Crippen molar-refractivity contribution >= 4 is 11.8 Å². The largest absolute Gasteiger partial charge is 0.381 e. The molecule has 0 aliphatic heterocycles. The van der Waals surface area contributed by atoms with Crippen LogP contribution >= 0.6 is 11.8 Å². The monoisotopic (exact) mass is 117 g/mol. The quantitative estimate of drug-likeness (QED) is 0.600. The average molecular weight is 117 g/mol. The molecular formula is C5H11NS. The number of rotatable bonds is 3. The van der Waals surface area contributed by atoms with Gasteiger partial charge in [-0.05, 0) is 13.2 Å². The highest BCUT2D eigenvalue weighted by molar-refractivity contribution is 8.02. The molecule has 0 bridgehead atoms. The fourth-order valence-electron chi connectivity index (χ4n) is 0.269. The predicted octanol–water partition coefficient (Wildman–Crippen LogP) is 1.43. The molecule has 0 rings (SSSR count). The van der Waals surface area contributed by atoms with Crippen LogP contribution < -0.4 is 5.32 Å². The van der Waals surface area contributed by atoms with E-state index >= 15 is 0 Å². The summed E-state index contributed by atoms with van der Waals surface area (Å²) in [5.74, 6) is 0. The summed E-state index contributed by atoms with van der Waals surface area (Å²) < 4.78 is 0. The lowest BCUT2D eigenvalue weighted by Crippen LogP contribution is -2.07. The Morgan fingerprint density at radius 1 is 1.86 bits per heavy atom. The van der Waals surface area contributed by atoms with E-state index in [1.165, 1.54) is 0 Å². The zero-order valence-corrected chi connectivity index (χ0v) is 5.64. The van der Waals surface area contributed by atoms with Crippen molar-refractivity contribution in [2.75, 3.05) is 12.8 Å². The molecule has 0 aromatic rings. The molecule has 0 spiro atoms. The molecule has 0 unspecified atom stereocenters. The number of hydrogen-bond acceptors (Lipinski definition) is 2. The van der Waals surface area contributed by atoms with Crippen LogP contribution in [0.4, 0.5) is 0 Å². The Kier molecular flexibility index (Phi) is 4.00. The molecule has 7 heavy (non-hydrogen) atoms. The van der Waals surface area contributed by atoms with E-state index in [4.69, 9.17) is 0 Å². The molecular weight excluding hydrogens is 106 g/mol. The predicted molar refractivity (Wildman–Crippen MR) is 36.3 cm³/mol. The van der Waals surface area contributed by atoms with Gasteiger partial charge >= 0.3 is 0 Å². The van der Waals surface area contributed by atoms with Gasteiger partial charge in [-0.25, -0.2) is 0 Å². The second-order valence-corrected chi connectivity index (χ2v) is 2.06. The number of thioether (sulfide) groups is 1. The molecule has 0 radical (unpaired) electrons. The van der Waals surface area contributed by atoms with Crippen LogP contribution in [-0.2, 0) is 0 Å². The van der Waals surface area contributed by atoms with Gasteiger partial charge in [0.25, 0.3) is 0 Å². The van der Waals surface area contributed by atoms with Crippen LogP contribution in [0.5, 0.6) is 0 Å². The molecule has 0 aromatic carbocycles. The average Bonchev–Trinajstić information content (AvgIpc) is 1.68. The summed E-state index contributed by atoms with van der Waals surface area (Å²) in [5, 5.41) is 4.11. The molecule has 1 nitrogen and oxygen atoms in total. The van der Waals surface area contributed by atoms with E-state index in [2.05, 4.69) is 18.8 Å². The molecule has 0 aliphatic carbocycles. The van der Waals surface area contributed by atoms with Crippen molar-refractivity contribution in [3.05, 3.63) is 11.6 Å². The summed E-state index contributed by atoms with van der Waals surface area (Å²) in [6.45, 7) is 6.74. The molecule has 1 N–H and O–H groups in total. The minimum atomic E-state index is 0.972. The SMILES string of the molecule is C=C(NCC)SC. The van der Waals surface area contributed by atoms with Gasteiger partial charge in [0.15, 0.2) is 0 Å². The molecule has 0 amide bonds. The maximum absolute atomic E-state index is 3.71. The third-order valence-corrected chi connectivity index (χ3v) is 1.26. The molecule has 0 saturated heterocycles. The van der Waals surface area contributed by atoms with E-state index in [-0.39, 0.29) is 0 Å². The third-order valence-electron chi connectivity index (χ3n) is 0.620. The summed E-state index contributed by atoms with van der Waals surface area (Å²) in [5.41, 5.74) is 0. The molecule has 0 fully saturated rings. The fourth-order valence-corrected chi connectivity index (χ4v) is 0.558. The Morgan fingerprint density at radius 3 is 2.57 bits per heavy atom. The van der Waals surface area contributed by atoms with Crippen LogP contribution in [0.25, 0.3) is 0 Å². The first-order valence-electron chi connectivity index (χ1n) is 2.28. The Balaban J connectivity index is 3.00. The van der Waals surface area contributed by atoms with Gasteiger partial charge in [0.05, 0.1) is 5.03 Å². The second-order valence-electron chi connectivity index (χ2n) is 1.16. The topological polar surface area (TPSA) is 12.0 Å². The normalized spacial score (nSPS) is 8.29. The zero-order valence-electron chi connectivity index (χ0n) is 4.82. The standard InChI is InChI=1S/C5H11NS/c1-4-6-5(2)7-3/h6H,2,4H2,1,3H3. The van der Waals surface area contributed by atoms with Crippen molar-refractivity contribution in [2.45, 2.75) is 6.92 Å². The molecule has 0 aliphatic rings. The van der Waals surface area contributed by atoms with Crippen molar-refractivity contribution in [1.29, 1.82) is 0 Å². The molecule has 0 saturated carbocycles. The number of hydrogen-bond donors (Lipinski definition) is 1. The molecule has 0 atom stereocenters. The van der Waals surface area contributed by atoms with Gasteiger partial charge in [-0.1, -0.05) is 6.58 Å². The lowest BCUT2D eigenvalue weighted by Gasteiger charge is -1.99. The van der Waals surface area contributed by atoms with E-state index in [0.29, 0.717) is 0 Å². The highest BCUT2D eigenvalue weighted by atomic mass is 32.2. The Labute approximate surface area is 49.2 Å². The van der Waals surface area contributed by atoms with Crippen LogP contribution in [-0.4, -0.2) is 12.8 Å². The van der Waals surface area contributed by atoms with Crippen LogP contribution in [0.2, 0.25) is 0 Å². The van der Waals surface area contributed by atoms with Gasteiger partial charge in [-0.2, -0.15) is 0 Å². The highest BCUT2D eigenvalue weighted by Gasteiger charge is 1.80. The maximum atomic E-state index is 3.71. The summed E-state index contributed by atoms with van der Waals surface area (Å²) in [6.07, 6.45) is 2.00. The maximum Gasteiger partial charge on any atom is 0.0605 e. The van der Waals surface area contributed by atoms with E-state index < -0.39 is 0 Å². The van der Waals surface area contributed by atoms with Gasteiger partial charge in [0.2, 0.25) is 0 Å².